The molecular weight excluding hydrogens is 488 g/mol. The van der Waals surface area contributed by atoms with Crippen LogP contribution >= 0.6 is 0 Å². The van der Waals surface area contributed by atoms with Crippen molar-refractivity contribution in [2.45, 2.75) is 50.9 Å². The molecular formula is C34H34O5. The summed E-state index contributed by atoms with van der Waals surface area (Å²) in [5.74, 6) is 1.42. The molecule has 5 heteroatoms. The predicted molar refractivity (Wildman–Crippen MR) is 153 cm³/mol. The molecule has 5 nitrogen and oxygen atoms in total. The van der Waals surface area contributed by atoms with Crippen LogP contribution in [0, 0.1) is 17.8 Å². The van der Waals surface area contributed by atoms with Crippen LogP contribution in [-0.4, -0.2) is 29.3 Å². The number of allylic oxidation sites excluding steroid dienone is 2. The maximum atomic E-state index is 11.6. The molecule has 0 spiro atoms. The number of aromatic carboxylic acids is 1. The summed E-state index contributed by atoms with van der Waals surface area (Å²) in [5.41, 5.74) is 4.51. The van der Waals surface area contributed by atoms with E-state index < -0.39 is 11.9 Å². The van der Waals surface area contributed by atoms with Crippen molar-refractivity contribution in [3.8, 4) is 5.75 Å². The summed E-state index contributed by atoms with van der Waals surface area (Å²) in [5, 5.41) is 21.2. The van der Waals surface area contributed by atoms with Gasteiger partial charge in [-0.05, 0) is 138 Å². The standard InChI is InChI=1S/C34H34O5/c1-20(8-32(35)36)29(26-4-3-5-27(14-26)33(37)38)13-21-6-7-25-16-31(39-2)30(15-28(25)12-21)34-17-22-9-23(18-34)11-24(10-22)19-34/h3-8,12-16,22-24H,9-11,17-19H2,1-2H3,(H,35,36)(H,37,38)/b20-8+,29-13-. The number of aliphatic carboxylic acids is 1. The van der Waals surface area contributed by atoms with Crippen LogP contribution in [0.1, 0.15) is 72.5 Å². The van der Waals surface area contributed by atoms with Crippen molar-refractivity contribution in [2.24, 2.45) is 17.8 Å². The lowest BCUT2D eigenvalue weighted by atomic mass is 9.48. The highest BCUT2D eigenvalue weighted by molar-refractivity contribution is 5.98. The summed E-state index contributed by atoms with van der Waals surface area (Å²) < 4.78 is 5.97. The molecule has 4 fully saturated rings. The van der Waals surface area contributed by atoms with Gasteiger partial charge in [-0.2, -0.15) is 0 Å². The molecule has 200 valence electrons. The Morgan fingerprint density at radius 3 is 2.15 bits per heavy atom. The van der Waals surface area contributed by atoms with Crippen LogP contribution in [0.25, 0.3) is 22.4 Å². The highest BCUT2D eigenvalue weighted by Crippen LogP contribution is 2.62. The molecule has 0 saturated heterocycles. The fraction of sp³-hybridized carbons (Fsp3) is 0.353. The molecule has 3 aromatic rings. The number of fused-ring (bicyclic) bond motifs is 1. The van der Waals surface area contributed by atoms with Crippen molar-refractivity contribution < 1.29 is 24.5 Å². The van der Waals surface area contributed by atoms with Crippen molar-refractivity contribution in [3.63, 3.8) is 0 Å². The Balaban J connectivity index is 1.46. The van der Waals surface area contributed by atoms with E-state index in [1.54, 1.807) is 26.2 Å². The first-order valence-electron chi connectivity index (χ1n) is 13.8. The molecule has 3 aromatic carbocycles. The van der Waals surface area contributed by atoms with Crippen LogP contribution in [0.15, 0.2) is 66.2 Å². The Kier molecular flexibility index (Phi) is 6.33. The van der Waals surface area contributed by atoms with Crippen molar-refractivity contribution in [1.82, 2.24) is 0 Å². The molecule has 0 radical (unpaired) electrons. The second-order valence-electron chi connectivity index (χ2n) is 12.0. The van der Waals surface area contributed by atoms with Gasteiger partial charge in [0.15, 0.2) is 0 Å². The minimum atomic E-state index is -1.04. The number of ether oxygens (including phenoxy) is 1. The Labute approximate surface area is 228 Å². The number of rotatable bonds is 7. The quantitative estimate of drug-likeness (QED) is 0.190. The summed E-state index contributed by atoms with van der Waals surface area (Å²) in [7, 11) is 1.78. The van der Waals surface area contributed by atoms with Gasteiger partial charge in [0.2, 0.25) is 0 Å². The van der Waals surface area contributed by atoms with E-state index in [0.29, 0.717) is 16.7 Å². The molecule has 0 aromatic heterocycles. The second kappa shape index (κ2) is 9.71. The lowest BCUT2D eigenvalue weighted by Crippen LogP contribution is -2.48. The van der Waals surface area contributed by atoms with Crippen LogP contribution in [0.3, 0.4) is 0 Å². The summed E-state index contributed by atoms with van der Waals surface area (Å²) in [6.45, 7) is 1.74. The largest absolute Gasteiger partial charge is 0.496 e. The summed E-state index contributed by atoms with van der Waals surface area (Å²) in [6.07, 6.45) is 11.0. The smallest absolute Gasteiger partial charge is 0.335 e. The third kappa shape index (κ3) is 4.75. The summed E-state index contributed by atoms with van der Waals surface area (Å²) >= 11 is 0. The molecule has 39 heavy (non-hydrogen) atoms. The van der Waals surface area contributed by atoms with E-state index in [1.807, 2.05) is 18.2 Å². The predicted octanol–water partition coefficient (Wildman–Crippen LogP) is 7.59. The highest BCUT2D eigenvalue weighted by atomic mass is 16.5. The monoisotopic (exact) mass is 522 g/mol. The zero-order valence-electron chi connectivity index (χ0n) is 22.4. The number of methoxy groups -OCH3 is 1. The van der Waals surface area contributed by atoms with E-state index in [1.165, 1.54) is 50.2 Å². The average Bonchev–Trinajstić information content (AvgIpc) is 2.89. The van der Waals surface area contributed by atoms with Crippen molar-refractivity contribution in [2.75, 3.05) is 7.11 Å². The van der Waals surface area contributed by atoms with Crippen LogP contribution in [-0.2, 0) is 10.2 Å². The van der Waals surface area contributed by atoms with Gasteiger partial charge < -0.3 is 14.9 Å². The number of carboxylic acid groups (broad SMARTS) is 2. The number of carbonyl (C=O) groups is 2. The van der Waals surface area contributed by atoms with Gasteiger partial charge in [-0.15, -0.1) is 0 Å². The van der Waals surface area contributed by atoms with Crippen LogP contribution in [0.5, 0.6) is 5.75 Å². The normalized spacial score (nSPS) is 26.2. The maximum Gasteiger partial charge on any atom is 0.335 e. The second-order valence-corrected chi connectivity index (χ2v) is 12.0. The van der Waals surface area contributed by atoms with Crippen LogP contribution in [0.2, 0.25) is 0 Å². The first-order chi connectivity index (χ1) is 18.7. The molecule has 0 atom stereocenters. The fourth-order valence-electron chi connectivity index (χ4n) is 8.08. The van der Waals surface area contributed by atoms with Gasteiger partial charge >= 0.3 is 11.9 Å². The molecule has 4 saturated carbocycles. The molecule has 0 unspecified atom stereocenters. The topological polar surface area (TPSA) is 83.8 Å². The third-order valence-corrected chi connectivity index (χ3v) is 9.29. The number of hydrogen-bond donors (Lipinski definition) is 2. The summed E-state index contributed by atoms with van der Waals surface area (Å²) in [4.78, 5) is 23.1. The van der Waals surface area contributed by atoms with E-state index in [9.17, 15) is 19.8 Å². The number of hydrogen-bond acceptors (Lipinski definition) is 3. The number of carboxylic acids is 2. The van der Waals surface area contributed by atoms with E-state index in [2.05, 4.69) is 24.3 Å². The minimum absolute atomic E-state index is 0.160. The first-order valence-corrected chi connectivity index (χ1v) is 13.8. The Bertz CT molecular complexity index is 1510. The van der Waals surface area contributed by atoms with Crippen LogP contribution in [0.4, 0.5) is 0 Å². The molecule has 7 rings (SSSR count). The molecule has 2 N–H and O–H groups in total. The van der Waals surface area contributed by atoms with Crippen molar-refractivity contribution in [1.29, 1.82) is 0 Å². The average molecular weight is 523 g/mol. The zero-order chi connectivity index (χ0) is 27.3. The van der Waals surface area contributed by atoms with Gasteiger partial charge in [-0.1, -0.05) is 24.3 Å². The van der Waals surface area contributed by atoms with Gasteiger partial charge in [0.25, 0.3) is 0 Å². The number of benzene rings is 3. The lowest BCUT2D eigenvalue weighted by Gasteiger charge is -2.57. The van der Waals surface area contributed by atoms with Crippen molar-refractivity contribution in [3.05, 3.63) is 88.5 Å². The SMILES string of the molecule is COc1cc2ccc(/C=C(/C(C)=C/C(=O)O)c3cccc(C(=O)O)c3)cc2cc1C12CC3CC(CC(C3)C1)C2. The van der Waals surface area contributed by atoms with Gasteiger partial charge in [0.1, 0.15) is 5.75 Å². The Morgan fingerprint density at radius 1 is 0.872 bits per heavy atom. The van der Waals surface area contributed by atoms with Gasteiger partial charge in [0, 0.05) is 11.6 Å². The van der Waals surface area contributed by atoms with Gasteiger partial charge in [0.05, 0.1) is 12.7 Å². The van der Waals surface area contributed by atoms with Crippen molar-refractivity contribution >= 4 is 34.4 Å². The first kappa shape index (κ1) is 25.4. The molecule has 4 aliphatic carbocycles. The molecule has 0 aliphatic heterocycles. The fourth-order valence-corrected chi connectivity index (χ4v) is 8.08. The van der Waals surface area contributed by atoms with E-state index in [0.717, 1.165) is 45.9 Å². The molecule has 4 bridgehead atoms. The minimum Gasteiger partial charge on any atom is -0.496 e. The zero-order valence-corrected chi connectivity index (χ0v) is 22.4. The Morgan fingerprint density at radius 2 is 1.54 bits per heavy atom. The molecule has 0 amide bonds. The third-order valence-electron chi connectivity index (χ3n) is 9.29. The maximum absolute atomic E-state index is 11.6. The van der Waals surface area contributed by atoms with Crippen LogP contribution < -0.4 is 4.74 Å². The highest BCUT2D eigenvalue weighted by Gasteiger charge is 2.52. The lowest BCUT2D eigenvalue weighted by molar-refractivity contribution is -0.131. The van der Waals surface area contributed by atoms with E-state index in [-0.39, 0.29) is 11.0 Å². The van der Waals surface area contributed by atoms with E-state index in [4.69, 9.17) is 4.74 Å². The van der Waals surface area contributed by atoms with E-state index >= 15 is 0 Å². The van der Waals surface area contributed by atoms with Gasteiger partial charge in [-0.3, -0.25) is 0 Å². The van der Waals surface area contributed by atoms with Gasteiger partial charge in [-0.25, -0.2) is 9.59 Å². The Hall–Kier alpha value is -3.86. The molecule has 4 aliphatic rings. The molecule has 0 heterocycles. The summed E-state index contributed by atoms with van der Waals surface area (Å²) in [6, 6.07) is 17.4.